The van der Waals surface area contributed by atoms with Crippen LogP contribution in [0.5, 0.6) is 0 Å². The van der Waals surface area contributed by atoms with Crippen LogP contribution in [0.1, 0.15) is 57.6 Å². The van der Waals surface area contributed by atoms with E-state index in [1.807, 2.05) is 0 Å². The number of carboxylic acids is 1. The zero-order chi connectivity index (χ0) is 31.1. The maximum Gasteiger partial charge on any atom is 0.351 e. The van der Waals surface area contributed by atoms with Gasteiger partial charge in [-0.1, -0.05) is 60.7 Å². The minimum absolute atomic E-state index is 0.0241. The predicted octanol–water partition coefficient (Wildman–Crippen LogP) is 3.28. The number of aliphatic carboxylic acids is 1. The van der Waals surface area contributed by atoms with Gasteiger partial charge in [0.25, 0.3) is 0 Å². The van der Waals surface area contributed by atoms with Crippen LogP contribution in [0.25, 0.3) is 0 Å². The van der Waals surface area contributed by atoms with Gasteiger partial charge in [0.05, 0.1) is 12.8 Å². The fourth-order valence-electron chi connectivity index (χ4n) is 3.38. The normalized spacial score (nSPS) is 13.4. The lowest BCUT2D eigenvalue weighted by Crippen LogP contribution is -2.45. The summed E-state index contributed by atoms with van der Waals surface area (Å²) >= 11 is 0. The molecule has 12 nitrogen and oxygen atoms in total. The van der Waals surface area contributed by atoms with E-state index >= 15 is 0 Å². The Morgan fingerprint density at radius 3 is 1.64 bits per heavy atom. The van der Waals surface area contributed by atoms with Gasteiger partial charge in [0.1, 0.15) is 13.2 Å². The Morgan fingerprint density at radius 1 is 0.690 bits per heavy atom. The van der Waals surface area contributed by atoms with E-state index in [-0.39, 0.29) is 13.2 Å². The largest absolute Gasteiger partial charge is 0.481 e. The fraction of sp³-hybridized carbons (Fsp3) is 0.400. The van der Waals surface area contributed by atoms with Crippen molar-refractivity contribution >= 4 is 35.8 Å². The van der Waals surface area contributed by atoms with Crippen molar-refractivity contribution in [1.82, 2.24) is 0 Å². The van der Waals surface area contributed by atoms with Crippen LogP contribution < -0.4 is 0 Å². The quantitative estimate of drug-likeness (QED) is 0.225. The van der Waals surface area contributed by atoms with Crippen molar-refractivity contribution in [1.29, 1.82) is 0 Å². The van der Waals surface area contributed by atoms with Gasteiger partial charge in [0, 0.05) is 12.8 Å². The molecular weight excluding hydrogens is 552 g/mol. The summed E-state index contributed by atoms with van der Waals surface area (Å²) in [5.74, 6) is -6.04. The van der Waals surface area contributed by atoms with Crippen LogP contribution in [0.4, 0.5) is 0 Å². The van der Waals surface area contributed by atoms with Crippen molar-refractivity contribution in [3.63, 3.8) is 0 Å². The molecule has 0 saturated heterocycles. The molecule has 2 rings (SSSR count). The van der Waals surface area contributed by atoms with Crippen molar-refractivity contribution in [2.75, 3.05) is 0 Å². The number of hydrogen-bond donors (Lipinski definition) is 1. The van der Waals surface area contributed by atoms with Gasteiger partial charge in [0.2, 0.25) is 5.60 Å². The number of ether oxygens (including phenoxy) is 5. The average Bonchev–Trinajstić information content (AvgIpc) is 2.97. The van der Waals surface area contributed by atoms with Crippen LogP contribution in [-0.2, 0) is 65.7 Å². The molecule has 42 heavy (non-hydrogen) atoms. The van der Waals surface area contributed by atoms with Crippen molar-refractivity contribution in [2.45, 2.75) is 77.5 Å². The molecule has 226 valence electrons. The highest BCUT2D eigenvalue weighted by molar-refractivity contribution is 5.87. The SMILES string of the molecule is C[C@H](OC(=O)CC[C@](C)(OC(=O)CCC(=O)O)C(=O)O[C@@H](C)C(=O)OCc1ccccc1)C(=O)OCc1ccccc1. The molecule has 0 radical (unpaired) electrons. The van der Waals surface area contributed by atoms with Gasteiger partial charge in [-0.05, 0) is 31.9 Å². The third-order valence-corrected chi connectivity index (χ3v) is 5.82. The van der Waals surface area contributed by atoms with Crippen LogP contribution in [0.2, 0.25) is 0 Å². The van der Waals surface area contributed by atoms with E-state index in [1.165, 1.54) is 13.8 Å². The molecule has 0 saturated carbocycles. The number of hydrogen-bond acceptors (Lipinski definition) is 11. The Bertz CT molecular complexity index is 1230. The Hall–Kier alpha value is -4.74. The van der Waals surface area contributed by atoms with E-state index in [0.717, 1.165) is 12.5 Å². The smallest absolute Gasteiger partial charge is 0.351 e. The standard InChI is InChI=1S/C30H34O12/c1-20(27(35)38-18-22-10-6-4-7-11-22)40-25(33)16-17-30(3,42-26(34)15-14-24(31)32)29(37)41-21(2)28(36)39-19-23-12-8-5-9-13-23/h4-13,20-21H,14-19H2,1-3H3,(H,31,32)/t20-,21-,30-/m0/s1. The van der Waals surface area contributed by atoms with E-state index in [1.54, 1.807) is 60.7 Å². The van der Waals surface area contributed by atoms with Crippen LogP contribution in [0.15, 0.2) is 60.7 Å². The van der Waals surface area contributed by atoms with Gasteiger partial charge in [-0.15, -0.1) is 0 Å². The maximum atomic E-state index is 13.0. The van der Waals surface area contributed by atoms with Crippen molar-refractivity contribution in [3.05, 3.63) is 71.8 Å². The summed E-state index contributed by atoms with van der Waals surface area (Å²) in [6.07, 6.45) is -4.73. The molecule has 0 bridgehead atoms. The molecule has 0 aromatic heterocycles. The van der Waals surface area contributed by atoms with Gasteiger partial charge in [-0.25, -0.2) is 14.4 Å². The van der Waals surface area contributed by atoms with E-state index in [9.17, 15) is 28.8 Å². The Balaban J connectivity index is 1.97. The number of carboxylic acid groups (broad SMARTS) is 1. The Kier molecular flexibility index (Phi) is 13.2. The monoisotopic (exact) mass is 586 g/mol. The number of esters is 5. The molecule has 3 atom stereocenters. The van der Waals surface area contributed by atoms with Crippen molar-refractivity contribution in [2.24, 2.45) is 0 Å². The lowest BCUT2D eigenvalue weighted by molar-refractivity contribution is -0.190. The van der Waals surface area contributed by atoms with Gasteiger partial charge < -0.3 is 28.8 Å². The number of rotatable bonds is 16. The summed E-state index contributed by atoms with van der Waals surface area (Å²) in [5.41, 5.74) is -0.653. The minimum atomic E-state index is -2.10. The summed E-state index contributed by atoms with van der Waals surface area (Å²) < 4.78 is 25.8. The fourth-order valence-corrected chi connectivity index (χ4v) is 3.38. The average molecular weight is 587 g/mol. The third kappa shape index (κ3) is 11.8. The van der Waals surface area contributed by atoms with E-state index in [0.29, 0.717) is 5.56 Å². The van der Waals surface area contributed by atoms with Crippen LogP contribution >= 0.6 is 0 Å². The zero-order valence-electron chi connectivity index (χ0n) is 23.6. The van der Waals surface area contributed by atoms with Gasteiger partial charge >= 0.3 is 35.8 Å². The number of benzene rings is 2. The first-order valence-corrected chi connectivity index (χ1v) is 13.1. The first kappa shape index (κ1) is 33.5. The van der Waals surface area contributed by atoms with Crippen LogP contribution in [0, 0.1) is 0 Å². The van der Waals surface area contributed by atoms with E-state index in [4.69, 9.17) is 28.8 Å². The van der Waals surface area contributed by atoms with Gasteiger partial charge in [0.15, 0.2) is 12.2 Å². The summed E-state index contributed by atoms with van der Waals surface area (Å²) in [7, 11) is 0. The lowest BCUT2D eigenvalue weighted by Gasteiger charge is -2.28. The molecule has 0 spiro atoms. The van der Waals surface area contributed by atoms with Crippen LogP contribution in [-0.4, -0.2) is 58.7 Å². The van der Waals surface area contributed by atoms with Crippen molar-refractivity contribution < 1.29 is 57.6 Å². The molecule has 0 unspecified atom stereocenters. The zero-order valence-corrected chi connectivity index (χ0v) is 23.6. The van der Waals surface area contributed by atoms with Crippen molar-refractivity contribution in [3.8, 4) is 0 Å². The second kappa shape index (κ2) is 16.5. The second-order valence-corrected chi connectivity index (χ2v) is 9.46. The molecule has 1 N–H and O–H groups in total. The lowest BCUT2D eigenvalue weighted by atomic mass is 9.99. The first-order chi connectivity index (χ1) is 19.9. The van der Waals surface area contributed by atoms with E-state index in [2.05, 4.69) is 0 Å². The van der Waals surface area contributed by atoms with E-state index < -0.39 is 79.3 Å². The predicted molar refractivity (Wildman–Crippen MR) is 144 cm³/mol. The first-order valence-electron chi connectivity index (χ1n) is 13.1. The molecule has 12 heteroatoms. The molecule has 0 aliphatic heterocycles. The third-order valence-electron chi connectivity index (χ3n) is 5.82. The van der Waals surface area contributed by atoms with Crippen LogP contribution in [0.3, 0.4) is 0 Å². The summed E-state index contributed by atoms with van der Waals surface area (Å²) in [6, 6.07) is 17.7. The Morgan fingerprint density at radius 2 is 1.17 bits per heavy atom. The molecule has 2 aromatic rings. The highest BCUT2D eigenvalue weighted by atomic mass is 16.6. The summed E-state index contributed by atoms with van der Waals surface area (Å²) in [5, 5.41) is 8.84. The molecule has 0 heterocycles. The molecule has 0 aliphatic rings. The molecule has 2 aromatic carbocycles. The van der Waals surface area contributed by atoms with Gasteiger partial charge in [-0.2, -0.15) is 0 Å². The molecule has 0 aliphatic carbocycles. The summed E-state index contributed by atoms with van der Waals surface area (Å²) in [4.78, 5) is 73.3. The molecular formula is C30H34O12. The molecule has 0 amide bonds. The Labute approximate surface area is 242 Å². The van der Waals surface area contributed by atoms with Gasteiger partial charge in [-0.3, -0.25) is 14.4 Å². The number of carbonyl (C=O) groups is 6. The highest BCUT2D eigenvalue weighted by Crippen LogP contribution is 2.23. The summed E-state index contributed by atoms with van der Waals surface area (Å²) in [6.45, 7) is 3.63. The number of carbonyl (C=O) groups excluding carboxylic acids is 5. The molecule has 0 fully saturated rings. The second-order valence-electron chi connectivity index (χ2n) is 9.46. The topological polar surface area (TPSA) is 169 Å². The minimum Gasteiger partial charge on any atom is -0.481 e. The maximum absolute atomic E-state index is 13.0. The highest BCUT2D eigenvalue weighted by Gasteiger charge is 2.41.